The van der Waals surface area contributed by atoms with E-state index >= 15 is 0 Å². The number of ether oxygens (including phenoxy) is 1. The van der Waals surface area contributed by atoms with Crippen LogP contribution in [0.25, 0.3) is 0 Å². The summed E-state index contributed by atoms with van der Waals surface area (Å²) in [5.41, 5.74) is 1.50. The second-order valence-corrected chi connectivity index (χ2v) is 7.25. The molecule has 0 amide bonds. The lowest BCUT2D eigenvalue weighted by atomic mass is 10.2. The third-order valence-corrected chi connectivity index (χ3v) is 4.59. The van der Waals surface area contributed by atoms with Crippen molar-refractivity contribution in [1.82, 2.24) is 5.32 Å². The fourth-order valence-electron chi connectivity index (χ4n) is 1.67. The fraction of sp³-hybridized carbons (Fsp3) is 0.571. The molecule has 0 aromatic heterocycles. The standard InChI is InChI=1S/C14H24N2O3S/c1-11(2)15-9-12(3)20(17,18)16-14-7-5-6-13(8-14)10-19-4/h5-8,11-12,15-16H,9-10H2,1-4H3. The summed E-state index contributed by atoms with van der Waals surface area (Å²) in [6.45, 7) is 6.55. The van der Waals surface area contributed by atoms with Gasteiger partial charge in [0.05, 0.1) is 11.9 Å². The van der Waals surface area contributed by atoms with Crippen molar-refractivity contribution in [3.8, 4) is 0 Å². The van der Waals surface area contributed by atoms with Crippen molar-refractivity contribution in [2.75, 3.05) is 18.4 Å². The zero-order valence-corrected chi connectivity index (χ0v) is 13.3. The van der Waals surface area contributed by atoms with E-state index < -0.39 is 15.3 Å². The molecule has 0 saturated carbocycles. The van der Waals surface area contributed by atoms with Crippen LogP contribution >= 0.6 is 0 Å². The Morgan fingerprint density at radius 2 is 1.95 bits per heavy atom. The molecule has 2 N–H and O–H groups in total. The molecule has 20 heavy (non-hydrogen) atoms. The highest BCUT2D eigenvalue weighted by Crippen LogP contribution is 2.14. The van der Waals surface area contributed by atoms with Gasteiger partial charge in [0.2, 0.25) is 10.0 Å². The zero-order chi connectivity index (χ0) is 15.2. The number of benzene rings is 1. The van der Waals surface area contributed by atoms with Gasteiger partial charge < -0.3 is 10.1 Å². The van der Waals surface area contributed by atoms with Crippen LogP contribution in [0.2, 0.25) is 0 Å². The van der Waals surface area contributed by atoms with Gasteiger partial charge in [0, 0.05) is 25.4 Å². The molecule has 0 aliphatic carbocycles. The summed E-state index contributed by atoms with van der Waals surface area (Å²) >= 11 is 0. The van der Waals surface area contributed by atoms with Crippen molar-refractivity contribution >= 4 is 15.7 Å². The number of hydrogen-bond donors (Lipinski definition) is 2. The molecule has 0 fully saturated rings. The van der Waals surface area contributed by atoms with Crippen molar-refractivity contribution in [3.63, 3.8) is 0 Å². The Bertz CT molecular complexity index is 515. The predicted molar refractivity (Wildman–Crippen MR) is 82.3 cm³/mol. The van der Waals surface area contributed by atoms with Crippen molar-refractivity contribution in [2.45, 2.75) is 38.7 Å². The molecule has 0 saturated heterocycles. The van der Waals surface area contributed by atoms with Crippen molar-refractivity contribution < 1.29 is 13.2 Å². The maximum absolute atomic E-state index is 12.2. The summed E-state index contributed by atoms with van der Waals surface area (Å²) in [5.74, 6) is 0. The van der Waals surface area contributed by atoms with Crippen LogP contribution in [0.4, 0.5) is 5.69 Å². The summed E-state index contributed by atoms with van der Waals surface area (Å²) in [4.78, 5) is 0. The molecule has 6 heteroatoms. The van der Waals surface area contributed by atoms with Gasteiger partial charge in [0.15, 0.2) is 0 Å². The predicted octanol–water partition coefficient (Wildman–Crippen LogP) is 1.96. The molecule has 0 aliphatic heterocycles. The molecule has 0 heterocycles. The van der Waals surface area contributed by atoms with Gasteiger partial charge in [0.25, 0.3) is 0 Å². The van der Waals surface area contributed by atoms with Crippen LogP contribution in [-0.4, -0.2) is 33.4 Å². The van der Waals surface area contributed by atoms with Crippen LogP contribution < -0.4 is 10.0 Å². The van der Waals surface area contributed by atoms with Gasteiger partial charge in [-0.25, -0.2) is 8.42 Å². The first kappa shape index (κ1) is 16.9. The molecule has 0 radical (unpaired) electrons. The van der Waals surface area contributed by atoms with E-state index in [0.29, 0.717) is 18.8 Å². The van der Waals surface area contributed by atoms with E-state index in [1.165, 1.54) is 0 Å². The molecule has 1 aromatic rings. The summed E-state index contributed by atoms with van der Waals surface area (Å²) in [7, 11) is -1.79. The van der Waals surface area contributed by atoms with Crippen molar-refractivity contribution in [3.05, 3.63) is 29.8 Å². The highest BCUT2D eigenvalue weighted by atomic mass is 32.2. The molecule has 1 unspecified atom stereocenters. The van der Waals surface area contributed by atoms with Gasteiger partial charge in [-0.1, -0.05) is 26.0 Å². The van der Waals surface area contributed by atoms with Crippen LogP contribution in [0.1, 0.15) is 26.3 Å². The van der Waals surface area contributed by atoms with Crippen LogP contribution in [-0.2, 0) is 21.4 Å². The molecule has 0 spiro atoms. The largest absolute Gasteiger partial charge is 0.380 e. The monoisotopic (exact) mass is 300 g/mol. The minimum Gasteiger partial charge on any atom is -0.380 e. The molecule has 114 valence electrons. The smallest absolute Gasteiger partial charge is 0.236 e. The number of methoxy groups -OCH3 is 1. The van der Waals surface area contributed by atoms with Gasteiger partial charge in [-0.05, 0) is 24.6 Å². The summed E-state index contributed by atoms with van der Waals surface area (Å²) in [6.07, 6.45) is 0. The van der Waals surface area contributed by atoms with Crippen molar-refractivity contribution in [2.24, 2.45) is 0 Å². The Kier molecular flexibility index (Phi) is 6.45. The molecule has 0 bridgehead atoms. The molecule has 5 nitrogen and oxygen atoms in total. The Morgan fingerprint density at radius 3 is 2.55 bits per heavy atom. The van der Waals surface area contributed by atoms with Gasteiger partial charge in [-0.15, -0.1) is 0 Å². The highest BCUT2D eigenvalue weighted by molar-refractivity contribution is 7.93. The fourth-order valence-corrected chi connectivity index (χ4v) is 2.64. The lowest BCUT2D eigenvalue weighted by molar-refractivity contribution is 0.185. The molecule has 0 aliphatic rings. The quantitative estimate of drug-likeness (QED) is 0.770. The maximum atomic E-state index is 12.2. The van der Waals surface area contributed by atoms with Crippen LogP contribution in [0.3, 0.4) is 0 Å². The first-order valence-electron chi connectivity index (χ1n) is 6.68. The lowest BCUT2D eigenvalue weighted by Gasteiger charge is -2.17. The topological polar surface area (TPSA) is 67.4 Å². The van der Waals surface area contributed by atoms with E-state index in [9.17, 15) is 8.42 Å². The summed E-state index contributed by atoms with van der Waals surface area (Å²) in [5, 5.41) is 2.63. The Labute approximate surface area is 121 Å². The maximum Gasteiger partial charge on any atom is 0.236 e. The molecular weight excluding hydrogens is 276 g/mol. The van der Waals surface area contributed by atoms with Gasteiger partial charge in [-0.3, -0.25) is 4.72 Å². The van der Waals surface area contributed by atoms with Gasteiger partial charge in [-0.2, -0.15) is 0 Å². The van der Waals surface area contributed by atoms with Gasteiger partial charge in [0.1, 0.15) is 0 Å². The SMILES string of the molecule is COCc1cccc(NS(=O)(=O)C(C)CNC(C)C)c1. The molecular formula is C14H24N2O3S. The number of sulfonamides is 1. The first-order chi connectivity index (χ1) is 9.35. The zero-order valence-electron chi connectivity index (χ0n) is 12.5. The Hall–Kier alpha value is -1.11. The number of anilines is 1. The van der Waals surface area contributed by atoms with E-state index in [2.05, 4.69) is 10.0 Å². The van der Waals surface area contributed by atoms with Crippen LogP contribution in [0, 0.1) is 0 Å². The van der Waals surface area contributed by atoms with E-state index in [1.54, 1.807) is 26.2 Å². The van der Waals surface area contributed by atoms with Crippen LogP contribution in [0.15, 0.2) is 24.3 Å². The average molecular weight is 300 g/mol. The first-order valence-corrected chi connectivity index (χ1v) is 8.22. The third-order valence-electron chi connectivity index (χ3n) is 2.84. The molecule has 1 rings (SSSR count). The molecule has 1 aromatic carbocycles. The molecule has 1 atom stereocenters. The summed E-state index contributed by atoms with van der Waals surface area (Å²) < 4.78 is 32.1. The van der Waals surface area contributed by atoms with E-state index in [1.807, 2.05) is 26.0 Å². The lowest BCUT2D eigenvalue weighted by Crippen LogP contribution is -2.37. The second-order valence-electron chi connectivity index (χ2n) is 5.15. The Morgan fingerprint density at radius 1 is 1.25 bits per heavy atom. The highest BCUT2D eigenvalue weighted by Gasteiger charge is 2.20. The minimum absolute atomic E-state index is 0.262. The van der Waals surface area contributed by atoms with E-state index in [0.717, 1.165) is 5.56 Å². The third kappa shape index (κ3) is 5.48. The van der Waals surface area contributed by atoms with Crippen LogP contribution in [0.5, 0.6) is 0 Å². The van der Waals surface area contributed by atoms with Gasteiger partial charge >= 0.3 is 0 Å². The van der Waals surface area contributed by atoms with E-state index in [-0.39, 0.29) is 6.04 Å². The summed E-state index contributed by atoms with van der Waals surface area (Å²) in [6, 6.07) is 7.48. The Balaban J connectivity index is 2.72. The number of rotatable bonds is 8. The second kappa shape index (κ2) is 7.61. The number of hydrogen-bond acceptors (Lipinski definition) is 4. The minimum atomic E-state index is -3.39. The number of nitrogens with one attached hydrogen (secondary N) is 2. The average Bonchev–Trinajstić information content (AvgIpc) is 2.36. The van der Waals surface area contributed by atoms with Crippen molar-refractivity contribution in [1.29, 1.82) is 0 Å². The van der Waals surface area contributed by atoms with E-state index in [4.69, 9.17) is 4.74 Å². The normalized spacial score (nSPS) is 13.4.